The lowest BCUT2D eigenvalue weighted by Gasteiger charge is -2.36. The first-order valence-corrected chi connectivity index (χ1v) is 8.99. The first-order chi connectivity index (χ1) is 10.2. The Balaban J connectivity index is 1.95. The van der Waals surface area contributed by atoms with Crippen LogP contribution in [-0.2, 0) is 6.54 Å². The van der Waals surface area contributed by atoms with E-state index in [0.29, 0.717) is 4.77 Å². The Bertz CT molecular complexity index is 641. The van der Waals surface area contributed by atoms with Crippen LogP contribution in [-0.4, -0.2) is 30.8 Å². The Hall–Kier alpha value is -1.14. The standard InChI is InChI=1S/C15H20N4S2/c1-21-15(8-4-2-5-9-15)11-19-13(17-18-14(19)20)12-7-3-6-10-16-12/h3,6-7,10H,2,4-5,8-9,11H2,1H3,(H,18,20). The van der Waals surface area contributed by atoms with Crippen LogP contribution in [0.2, 0.25) is 0 Å². The fourth-order valence-corrected chi connectivity index (χ4v) is 4.22. The van der Waals surface area contributed by atoms with Gasteiger partial charge in [-0.15, -0.1) is 0 Å². The maximum atomic E-state index is 5.45. The maximum Gasteiger partial charge on any atom is 0.195 e. The zero-order valence-corrected chi connectivity index (χ0v) is 13.8. The van der Waals surface area contributed by atoms with Crippen molar-refractivity contribution in [3.05, 3.63) is 29.2 Å². The smallest absolute Gasteiger partial charge is 0.195 e. The summed E-state index contributed by atoms with van der Waals surface area (Å²) in [5, 5.41) is 7.32. The van der Waals surface area contributed by atoms with Crippen molar-refractivity contribution in [3.8, 4) is 11.5 Å². The van der Waals surface area contributed by atoms with E-state index in [9.17, 15) is 0 Å². The largest absolute Gasteiger partial charge is 0.297 e. The zero-order valence-electron chi connectivity index (χ0n) is 12.2. The summed E-state index contributed by atoms with van der Waals surface area (Å²) in [6.07, 6.45) is 10.5. The first kappa shape index (κ1) is 14.8. The van der Waals surface area contributed by atoms with Crippen molar-refractivity contribution in [1.29, 1.82) is 0 Å². The lowest BCUT2D eigenvalue weighted by Crippen LogP contribution is -2.33. The highest BCUT2D eigenvalue weighted by molar-refractivity contribution is 8.00. The van der Waals surface area contributed by atoms with Crippen molar-refractivity contribution in [2.24, 2.45) is 0 Å². The Labute approximate surface area is 134 Å². The first-order valence-electron chi connectivity index (χ1n) is 7.36. The number of nitrogens with one attached hydrogen (secondary N) is 1. The molecule has 6 heteroatoms. The summed E-state index contributed by atoms with van der Waals surface area (Å²) in [6, 6.07) is 5.88. The van der Waals surface area contributed by atoms with Crippen molar-refractivity contribution < 1.29 is 0 Å². The maximum absolute atomic E-state index is 5.45. The van der Waals surface area contributed by atoms with Gasteiger partial charge in [0.25, 0.3) is 0 Å². The van der Waals surface area contributed by atoms with E-state index in [2.05, 4.69) is 26.0 Å². The molecule has 2 aromatic heterocycles. The highest BCUT2D eigenvalue weighted by Crippen LogP contribution is 2.40. The third kappa shape index (κ3) is 3.06. The molecule has 0 radical (unpaired) electrons. The molecular formula is C15H20N4S2. The molecule has 0 aliphatic heterocycles. The molecule has 1 saturated carbocycles. The number of pyridine rings is 1. The Morgan fingerprint density at radius 3 is 2.81 bits per heavy atom. The average molecular weight is 320 g/mol. The minimum Gasteiger partial charge on any atom is -0.297 e. The van der Waals surface area contributed by atoms with E-state index in [0.717, 1.165) is 18.1 Å². The van der Waals surface area contributed by atoms with Gasteiger partial charge in [0.15, 0.2) is 10.6 Å². The van der Waals surface area contributed by atoms with Gasteiger partial charge in [-0.05, 0) is 43.4 Å². The van der Waals surface area contributed by atoms with Crippen LogP contribution in [0.25, 0.3) is 11.5 Å². The Kier molecular flexibility index (Phi) is 4.45. The number of aromatic nitrogens is 4. The highest BCUT2D eigenvalue weighted by atomic mass is 32.2. The van der Waals surface area contributed by atoms with Crippen molar-refractivity contribution >= 4 is 24.0 Å². The van der Waals surface area contributed by atoms with Crippen LogP contribution >= 0.6 is 24.0 Å². The van der Waals surface area contributed by atoms with Crippen LogP contribution in [0.1, 0.15) is 32.1 Å². The van der Waals surface area contributed by atoms with E-state index < -0.39 is 0 Å². The van der Waals surface area contributed by atoms with Crippen molar-refractivity contribution in [2.75, 3.05) is 6.26 Å². The van der Waals surface area contributed by atoms with E-state index in [1.165, 1.54) is 32.1 Å². The molecule has 0 saturated heterocycles. The second-order valence-corrected chi connectivity index (χ2v) is 7.26. The third-order valence-electron chi connectivity index (χ3n) is 4.30. The fraction of sp³-hybridized carbons (Fsp3) is 0.533. The Morgan fingerprint density at radius 1 is 1.33 bits per heavy atom. The quantitative estimate of drug-likeness (QED) is 0.863. The molecule has 21 heavy (non-hydrogen) atoms. The van der Waals surface area contributed by atoms with Gasteiger partial charge in [-0.3, -0.25) is 14.6 Å². The van der Waals surface area contributed by atoms with Gasteiger partial charge in [-0.1, -0.05) is 25.3 Å². The molecule has 112 valence electrons. The topological polar surface area (TPSA) is 46.5 Å². The molecule has 2 heterocycles. The number of H-pyrrole nitrogens is 1. The normalized spacial score (nSPS) is 17.8. The summed E-state index contributed by atoms with van der Waals surface area (Å²) >= 11 is 7.42. The van der Waals surface area contributed by atoms with Crippen LogP contribution in [0.15, 0.2) is 24.4 Å². The summed E-state index contributed by atoms with van der Waals surface area (Å²) < 4.78 is 3.10. The van der Waals surface area contributed by atoms with Gasteiger partial charge in [0.05, 0.1) is 0 Å². The van der Waals surface area contributed by atoms with Gasteiger partial charge < -0.3 is 0 Å². The molecule has 1 N–H and O–H groups in total. The number of hydrogen-bond donors (Lipinski definition) is 1. The fourth-order valence-electron chi connectivity index (χ4n) is 3.07. The predicted octanol–water partition coefficient (Wildman–Crippen LogP) is 4.07. The zero-order chi connectivity index (χ0) is 14.7. The van der Waals surface area contributed by atoms with E-state index in [-0.39, 0.29) is 4.75 Å². The van der Waals surface area contributed by atoms with Crippen molar-refractivity contribution in [2.45, 2.75) is 43.4 Å². The van der Waals surface area contributed by atoms with Crippen LogP contribution in [0.3, 0.4) is 0 Å². The van der Waals surface area contributed by atoms with Gasteiger partial charge in [-0.25, -0.2) is 0 Å². The van der Waals surface area contributed by atoms with E-state index in [1.54, 1.807) is 6.20 Å². The molecule has 4 nitrogen and oxygen atoms in total. The minimum absolute atomic E-state index is 0.282. The van der Waals surface area contributed by atoms with Crippen LogP contribution in [0.4, 0.5) is 0 Å². The average Bonchev–Trinajstić information content (AvgIpc) is 2.90. The van der Waals surface area contributed by atoms with Gasteiger partial charge in [0.2, 0.25) is 0 Å². The molecule has 0 bridgehead atoms. The summed E-state index contributed by atoms with van der Waals surface area (Å²) in [4.78, 5) is 4.41. The highest BCUT2D eigenvalue weighted by Gasteiger charge is 2.32. The molecular weight excluding hydrogens is 300 g/mol. The second kappa shape index (κ2) is 6.32. The van der Waals surface area contributed by atoms with E-state index in [4.69, 9.17) is 12.2 Å². The molecule has 1 aliphatic carbocycles. The van der Waals surface area contributed by atoms with Crippen LogP contribution in [0.5, 0.6) is 0 Å². The predicted molar refractivity (Wildman–Crippen MR) is 90.0 cm³/mol. The van der Waals surface area contributed by atoms with Gasteiger partial charge >= 0.3 is 0 Å². The number of nitrogens with zero attached hydrogens (tertiary/aromatic N) is 3. The molecule has 3 rings (SSSR count). The molecule has 1 fully saturated rings. The summed E-state index contributed by atoms with van der Waals surface area (Å²) in [5.41, 5.74) is 0.872. The summed E-state index contributed by atoms with van der Waals surface area (Å²) in [6.45, 7) is 0.912. The molecule has 0 unspecified atom stereocenters. The minimum atomic E-state index is 0.282. The Morgan fingerprint density at radius 2 is 2.14 bits per heavy atom. The lowest BCUT2D eigenvalue weighted by molar-refractivity contribution is 0.358. The number of thioether (sulfide) groups is 1. The second-order valence-electron chi connectivity index (χ2n) is 5.60. The molecule has 0 amide bonds. The SMILES string of the molecule is CSC1(Cn2c(-c3ccccn3)n[nH]c2=S)CCCCC1. The molecule has 0 atom stereocenters. The molecule has 1 aliphatic rings. The van der Waals surface area contributed by atoms with E-state index in [1.807, 2.05) is 30.0 Å². The number of aromatic amines is 1. The van der Waals surface area contributed by atoms with Crippen molar-refractivity contribution in [3.63, 3.8) is 0 Å². The van der Waals surface area contributed by atoms with E-state index >= 15 is 0 Å². The molecule has 0 aromatic carbocycles. The van der Waals surface area contributed by atoms with Gasteiger partial charge in [-0.2, -0.15) is 16.9 Å². The molecule has 2 aromatic rings. The monoisotopic (exact) mass is 320 g/mol. The number of hydrogen-bond acceptors (Lipinski definition) is 4. The van der Waals surface area contributed by atoms with Gasteiger partial charge in [0, 0.05) is 17.5 Å². The van der Waals surface area contributed by atoms with Crippen molar-refractivity contribution in [1.82, 2.24) is 19.7 Å². The van der Waals surface area contributed by atoms with Crippen LogP contribution in [0, 0.1) is 4.77 Å². The summed E-state index contributed by atoms with van der Waals surface area (Å²) in [5.74, 6) is 0.847. The lowest BCUT2D eigenvalue weighted by atomic mass is 9.88. The van der Waals surface area contributed by atoms with Gasteiger partial charge in [0.1, 0.15) is 5.69 Å². The summed E-state index contributed by atoms with van der Waals surface area (Å²) in [7, 11) is 0. The molecule has 0 spiro atoms. The number of rotatable bonds is 4. The third-order valence-corrected chi connectivity index (χ3v) is 6.01. The van der Waals surface area contributed by atoms with Crippen LogP contribution < -0.4 is 0 Å².